The lowest BCUT2D eigenvalue weighted by Gasteiger charge is -2.26. The molecule has 0 bridgehead atoms. The van der Waals surface area contributed by atoms with Crippen LogP contribution in [0.3, 0.4) is 0 Å². The fourth-order valence-corrected chi connectivity index (χ4v) is 3.67. The first-order chi connectivity index (χ1) is 15.5. The maximum atomic E-state index is 13.0. The third-order valence-corrected chi connectivity index (χ3v) is 5.42. The highest BCUT2D eigenvalue weighted by Crippen LogP contribution is 2.25. The van der Waals surface area contributed by atoms with E-state index in [1.807, 2.05) is 6.07 Å². The van der Waals surface area contributed by atoms with Crippen molar-refractivity contribution in [3.05, 3.63) is 75.4 Å². The van der Waals surface area contributed by atoms with Crippen LogP contribution in [0.1, 0.15) is 10.5 Å². The van der Waals surface area contributed by atoms with Crippen molar-refractivity contribution in [2.24, 2.45) is 0 Å². The van der Waals surface area contributed by atoms with Gasteiger partial charge in [0.2, 0.25) is 0 Å². The SMILES string of the molecule is O=C(NCCN1CCOCC1)c1cc(-c2ccc([N+](=O)[O-])cc2)nn1-c1cccc(Cl)c1. The Morgan fingerprint density at radius 3 is 2.59 bits per heavy atom. The zero-order valence-electron chi connectivity index (χ0n) is 17.2. The molecule has 0 saturated carbocycles. The van der Waals surface area contributed by atoms with Crippen molar-refractivity contribution in [2.45, 2.75) is 0 Å². The molecular formula is C22H22ClN5O4. The van der Waals surface area contributed by atoms with Crippen molar-refractivity contribution in [2.75, 3.05) is 39.4 Å². The van der Waals surface area contributed by atoms with Gasteiger partial charge in [-0.15, -0.1) is 0 Å². The number of nitrogens with one attached hydrogen (secondary N) is 1. The number of amides is 1. The summed E-state index contributed by atoms with van der Waals surface area (Å²) in [5.74, 6) is -0.265. The summed E-state index contributed by atoms with van der Waals surface area (Å²) in [7, 11) is 0. The van der Waals surface area contributed by atoms with Crippen LogP contribution in [0, 0.1) is 10.1 Å². The number of non-ortho nitro benzene ring substituents is 1. The maximum absolute atomic E-state index is 13.0. The number of rotatable bonds is 7. The Bertz CT molecular complexity index is 1110. The van der Waals surface area contributed by atoms with Gasteiger partial charge in [0.15, 0.2) is 0 Å². The quantitative estimate of drug-likeness (QED) is 0.433. The first kappa shape index (κ1) is 21.9. The molecule has 2 heterocycles. The number of aromatic nitrogens is 2. The molecule has 4 rings (SSSR count). The summed E-state index contributed by atoms with van der Waals surface area (Å²) < 4.78 is 6.88. The summed E-state index contributed by atoms with van der Waals surface area (Å²) in [6.07, 6.45) is 0. The molecule has 9 nitrogen and oxygen atoms in total. The zero-order chi connectivity index (χ0) is 22.5. The third-order valence-electron chi connectivity index (χ3n) is 5.19. The number of halogens is 1. The summed E-state index contributed by atoms with van der Waals surface area (Å²) in [5.41, 5.74) is 2.17. The van der Waals surface area contributed by atoms with E-state index in [9.17, 15) is 14.9 Å². The van der Waals surface area contributed by atoms with Gasteiger partial charge in [-0.25, -0.2) is 4.68 Å². The van der Waals surface area contributed by atoms with E-state index in [0.717, 1.165) is 19.6 Å². The van der Waals surface area contributed by atoms with Crippen molar-refractivity contribution in [1.82, 2.24) is 20.0 Å². The lowest BCUT2D eigenvalue weighted by molar-refractivity contribution is -0.384. The second-order valence-corrected chi connectivity index (χ2v) is 7.76. The van der Waals surface area contributed by atoms with E-state index in [1.54, 1.807) is 36.4 Å². The second kappa shape index (κ2) is 9.90. The molecule has 1 aliphatic rings. The molecule has 1 N–H and O–H groups in total. The van der Waals surface area contributed by atoms with Crippen molar-refractivity contribution in [3.8, 4) is 16.9 Å². The van der Waals surface area contributed by atoms with Crippen LogP contribution < -0.4 is 5.32 Å². The number of morpholine rings is 1. The van der Waals surface area contributed by atoms with Gasteiger partial charge in [0.05, 0.1) is 29.5 Å². The molecule has 1 aliphatic heterocycles. The lowest BCUT2D eigenvalue weighted by Crippen LogP contribution is -2.41. The first-order valence-corrected chi connectivity index (χ1v) is 10.6. The van der Waals surface area contributed by atoms with Crippen LogP contribution in [0.15, 0.2) is 54.6 Å². The van der Waals surface area contributed by atoms with Gasteiger partial charge in [-0.1, -0.05) is 17.7 Å². The fraction of sp³-hybridized carbons (Fsp3) is 0.273. The van der Waals surface area contributed by atoms with Crippen LogP contribution in [0.2, 0.25) is 5.02 Å². The summed E-state index contributed by atoms with van der Waals surface area (Å²) in [5, 5.41) is 19.0. The van der Waals surface area contributed by atoms with Crippen LogP contribution in [-0.4, -0.2) is 64.9 Å². The first-order valence-electron chi connectivity index (χ1n) is 10.2. The van der Waals surface area contributed by atoms with Gasteiger partial charge in [0.25, 0.3) is 11.6 Å². The van der Waals surface area contributed by atoms with Crippen molar-refractivity contribution < 1.29 is 14.5 Å². The standard InChI is InChI=1S/C22H22ClN5O4/c23-17-2-1-3-19(14-17)27-21(22(29)24-8-9-26-10-12-32-13-11-26)15-20(25-27)16-4-6-18(7-5-16)28(30)31/h1-7,14-15H,8-13H2,(H,24,29). The normalized spacial score (nSPS) is 14.3. The van der Waals surface area contributed by atoms with Crippen molar-refractivity contribution in [3.63, 3.8) is 0 Å². The highest BCUT2D eigenvalue weighted by Gasteiger charge is 2.19. The van der Waals surface area contributed by atoms with Crippen LogP contribution in [0.4, 0.5) is 5.69 Å². The Morgan fingerprint density at radius 1 is 1.16 bits per heavy atom. The average molecular weight is 456 g/mol. The second-order valence-electron chi connectivity index (χ2n) is 7.32. The zero-order valence-corrected chi connectivity index (χ0v) is 18.0. The molecule has 2 aromatic carbocycles. The molecule has 3 aromatic rings. The Labute approximate surface area is 189 Å². The summed E-state index contributed by atoms with van der Waals surface area (Å²) >= 11 is 6.15. The Morgan fingerprint density at radius 2 is 1.91 bits per heavy atom. The molecule has 0 radical (unpaired) electrons. The third kappa shape index (κ3) is 5.13. The Hall–Kier alpha value is -3.27. The Balaban J connectivity index is 1.58. The maximum Gasteiger partial charge on any atom is 0.270 e. The lowest BCUT2D eigenvalue weighted by atomic mass is 10.1. The summed E-state index contributed by atoms with van der Waals surface area (Å²) in [4.78, 5) is 25.7. The molecule has 32 heavy (non-hydrogen) atoms. The minimum atomic E-state index is -0.457. The predicted octanol–water partition coefficient (Wildman–Crippen LogP) is 3.16. The molecule has 0 atom stereocenters. The van der Waals surface area contributed by atoms with Crippen molar-refractivity contribution in [1.29, 1.82) is 0 Å². The number of carbonyl (C=O) groups is 1. The molecule has 1 fully saturated rings. The number of hydrogen-bond donors (Lipinski definition) is 1. The largest absolute Gasteiger partial charge is 0.379 e. The summed E-state index contributed by atoms with van der Waals surface area (Å²) in [6.45, 7) is 4.32. The van der Waals surface area contributed by atoms with Crippen molar-refractivity contribution >= 4 is 23.2 Å². The number of ether oxygens (including phenoxy) is 1. The highest BCUT2D eigenvalue weighted by atomic mass is 35.5. The number of nitro groups is 1. The van der Waals surface area contributed by atoms with Gasteiger partial charge in [-0.2, -0.15) is 5.10 Å². The van der Waals surface area contributed by atoms with Gasteiger partial charge in [0, 0.05) is 48.9 Å². The predicted molar refractivity (Wildman–Crippen MR) is 120 cm³/mol. The molecule has 0 unspecified atom stereocenters. The van der Waals surface area contributed by atoms with Crippen LogP contribution in [-0.2, 0) is 4.74 Å². The topological polar surface area (TPSA) is 103 Å². The van der Waals surface area contributed by atoms with E-state index >= 15 is 0 Å². The van der Waals surface area contributed by atoms with E-state index in [-0.39, 0.29) is 11.6 Å². The molecule has 10 heteroatoms. The van der Waals surface area contributed by atoms with Crippen LogP contribution >= 0.6 is 11.6 Å². The minimum absolute atomic E-state index is 0.0101. The van der Waals surface area contributed by atoms with E-state index in [0.29, 0.717) is 47.4 Å². The number of nitrogens with zero attached hydrogens (tertiary/aromatic N) is 4. The monoisotopic (exact) mass is 455 g/mol. The molecule has 1 aromatic heterocycles. The minimum Gasteiger partial charge on any atom is -0.379 e. The van der Waals surface area contributed by atoms with Gasteiger partial charge in [-0.05, 0) is 36.4 Å². The fourth-order valence-electron chi connectivity index (χ4n) is 3.49. The smallest absolute Gasteiger partial charge is 0.270 e. The van der Waals surface area contributed by atoms with Gasteiger partial charge in [-0.3, -0.25) is 19.8 Å². The van der Waals surface area contributed by atoms with Gasteiger partial charge < -0.3 is 10.1 Å². The molecule has 1 saturated heterocycles. The number of carbonyl (C=O) groups excluding carboxylic acids is 1. The number of hydrogen-bond acceptors (Lipinski definition) is 6. The molecule has 0 spiro atoms. The Kier molecular flexibility index (Phi) is 6.79. The molecular weight excluding hydrogens is 434 g/mol. The highest BCUT2D eigenvalue weighted by molar-refractivity contribution is 6.30. The van der Waals surface area contributed by atoms with Gasteiger partial charge >= 0.3 is 0 Å². The van der Waals surface area contributed by atoms with Gasteiger partial charge in [0.1, 0.15) is 5.69 Å². The molecule has 1 amide bonds. The average Bonchev–Trinajstić information content (AvgIpc) is 3.25. The van der Waals surface area contributed by atoms with E-state index in [2.05, 4.69) is 15.3 Å². The summed E-state index contributed by atoms with van der Waals surface area (Å²) in [6, 6.07) is 14.8. The molecule has 166 valence electrons. The number of benzene rings is 2. The van der Waals surface area contributed by atoms with Crippen LogP contribution in [0.5, 0.6) is 0 Å². The van der Waals surface area contributed by atoms with Crippen LogP contribution in [0.25, 0.3) is 16.9 Å². The van der Waals surface area contributed by atoms with E-state index < -0.39 is 4.92 Å². The van der Waals surface area contributed by atoms with E-state index in [1.165, 1.54) is 16.8 Å². The molecule has 0 aliphatic carbocycles. The van der Waals surface area contributed by atoms with E-state index in [4.69, 9.17) is 16.3 Å². The number of nitro benzene ring substituents is 1.